The lowest BCUT2D eigenvalue weighted by Gasteiger charge is -2.23. The molecule has 0 unspecified atom stereocenters. The van der Waals surface area contributed by atoms with Crippen LogP contribution in [0.1, 0.15) is 15.9 Å². The average molecular weight is 409 g/mol. The minimum absolute atomic E-state index is 0.0239. The molecule has 0 bridgehead atoms. The van der Waals surface area contributed by atoms with Gasteiger partial charge in [-0.05, 0) is 36.0 Å². The highest BCUT2D eigenvalue weighted by molar-refractivity contribution is 8.00. The number of aliphatic imine (C=N–C) groups is 1. The van der Waals surface area contributed by atoms with Crippen LogP contribution < -0.4 is 4.90 Å². The van der Waals surface area contributed by atoms with Crippen LogP contribution >= 0.6 is 23.4 Å². The van der Waals surface area contributed by atoms with Crippen LogP contribution in [-0.4, -0.2) is 23.0 Å². The first-order chi connectivity index (χ1) is 12.8. The predicted octanol–water partition coefficient (Wildman–Crippen LogP) is 5.37. The van der Waals surface area contributed by atoms with Gasteiger partial charge in [-0.15, -0.1) is 0 Å². The summed E-state index contributed by atoms with van der Waals surface area (Å²) in [5, 5.41) is -0.160. The number of alkyl halides is 3. The van der Waals surface area contributed by atoms with Crippen molar-refractivity contribution < 1.29 is 22.8 Å². The van der Waals surface area contributed by atoms with Crippen LogP contribution in [0, 0.1) is 0 Å². The first-order valence-corrected chi connectivity index (χ1v) is 8.78. The van der Waals surface area contributed by atoms with Crippen molar-refractivity contribution in [3.8, 4) is 0 Å². The van der Waals surface area contributed by atoms with E-state index in [0.29, 0.717) is 11.1 Å². The van der Waals surface area contributed by atoms with Crippen LogP contribution in [-0.2, 0) is 0 Å². The number of thioether (sulfide) groups is 1. The number of allylic oxidation sites excluding steroid dienone is 2. The van der Waals surface area contributed by atoms with Crippen molar-refractivity contribution in [2.24, 2.45) is 4.99 Å². The van der Waals surface area contributed by atoms with Gasteiger partial charge in [-0.1, -0.05) is 35.9 Å². The number of hydrogen-bond donors (Lipinski definition) is 0. The molecular formula is C18H8ClF3N2O2S. The molecule has 1 aliphatic heterocycles. The number of carbonyl (C=O) groups excluding carboxylic acids is 2. The number of Topliss-reactive ketones (excluding diaryl/α,β-unsaturated/α-hetero) is 1. The van der Waals surface area contributed by atoms with Gasteiger partial charge in [0, 0.05) is 16.0 Å². The number of fused-ring (bicyclic) bond motifs is 3. The van der Waals surface area contributed by atoms with Crippen LogP contribution in [0.25, 0.3) is 0 Å². The number of anilines is 1. The average Bonchev–Trinajstić information content (AvgIpc) is 2.96. The number of rotatable bonds is 2. The summed E-state index contributed by atoms with van der Waals surface area (Å²) in [6, 6.07) is 11.2. The smallest absolute Gasteiger partial charge is 0.287 e. The molecule has 0 spiro atoms. The van der Waals surface area contributed by atoms with Gasteiger partial charge in [0.2, 0.25) is 5.78 Å². The quantitative estimate of drug-likeness (QED) is 0.627. The van der Waals surface area contributed by atoms with E-state index in [2.05, 4.69) is 4.99 Å². The number of halogens is 4. The van der Waals surface area contributed by atoms with Gasteiger partial charge in [0.05, 0.1) is 11.4 Å². The molecule has 0 atom stereocenters. The van der Waals surface area contributed by atoms with E-state index in [0.717, 1.165) is 4.90 Å². The highest BCUT2D eigenvalue weighted by Crippen LogP contribution is 2.40. The molecule has 0 N–H and O–H groups in total. The first-order valence-electron chi connectivity index (χ1n) is 7.59. The summed E-state index contributed by atoms with van der Waals surface area (Å²) in [6.07, 6.45) is 0. The van der Waals surface area contributed by atoms with E-state index in [1.165, 1.54) is 24.3 Å². The highest BCUT2D eigenvalue weighted by atomic mass is 35.5. The topological polar surface area (TPSA) is 49.7 Å². The Morgan fingerprint density at radius 2 is 1.59 bits per heavy atom. The van der Waals surface area contributed by atoms with Gasteiger partial charge < -0.3 is 0 Å². The molecule has 2 aromatic rings. The summed E-state index contributed by atoms with van der Waals surface area (Å²) < 4.78 is 37.4. The molecule has 2 aliphatic rings. The third-order valence-electron chi connectivity index (χ3n) is 4.01. The number of amides is 2. The number of urea groups is 1. The van der Waals surface area contributed by atoms with Crippen molar-refractivity contribution in [1.82, 2.24) is 0 Å². The fraction of sp³-hybridized carbons (Fsp3) is 0.0556. The Morgan fingerprint density at radius 3 is 2.22 bits per heavy atom. The van der Waals surface area contributed by atoms with Crippen molar-refractivity contribution in [3.05, 3.63) is 70.4 Å². The minimum Gasteiger partial charge on any atom is -0.287 e. The first kappa shape index (κ1) is 17.8. The van der Waals surface area contributed by atoms with E-state index in [-0.39, 0.29) is 38.8 Å². The maximum atomic E-state index is 12.5. The number of nitrogens with zero attached hydrogens (tertiary/aromatic N) is 2. The molecule has 1 aliphatic carbocycles. The van der Waals surface area contributed by atoms with E-state index in [9.17, 15) is 22.8 Å². The van der Waals surface area contributed by atoms with Crippen molar-refractivity contribution in [2.45, 2.75) is 10.4 Å². The summed E-state index contributed by atoms with van der Waals surface area (Å²) in [5.41, 5.74) is -2.90. The Balaban J connectivity index is 1.76. The van der Waals surface area contributed by atoms with Gasteiger partial charge in [-0.25, -0.2) is 4.79 Å². The third-order valence-corrected chi connectivity index (χ3v) is 5.10. The van der Waals surface area contributed by atoms with E-state index in [1.54, 1.807) is 24.3 Å². The molecule has 0 saturated carbocycles. The Labute approximate surface area is 160 Å². The molecule has 9 heteroatoms. The normalized spacial score (nSPS) is 16.4. The van der Waals surface area contributed by atoms with Crippen molar-refractivity contribution in [2.75, 3.05) is 4.90 Å². The number of benzene rings is 2. The third kappa shape index (κ3) is 3.04. The van der Waals surface area contributed by atoms with E-state index >= 15 is 0 Å². The maximum absolute atomic E-state index is 12.5. The predicted molar refractivity (Wildman–Crippen MR) is 96.4 cm³/mol. The molecule has 1 heterocycles. The fourth-order valence-electron chi connectivity index (χ4n) is 2.94. The van der Waals surface area contributed by atoms with E-state index in [4.69, 9.17) is 11.6 Å². The summed E-state index contributed by atoms with van der Waals surface area (Å²) in [5.74, 6) is -0.440. The van der Waals surface area contributed by atoms with Crippen molar-refractivity contribution in [3.63, 3.8) is 0 Å². The number of ketones is 1. The lowest BCUT2D eigenvalue weighted by atomic mass is 9.91. The molecular weight excluding hydrogens is 401 g/mol. The Hall–Kier alpha value is -2.58. The van der Waals surface area contributed by atoms with Crippen LogP contribution in [0.5, 0.6) is 0 Å². The van der Waals surface area contributed by atoms with E-state index < -0.39 is 17.3 Å². The Bertz CT molecular complexity index is 1050. The van der Waals surface area contributed by atoms with Crippen molar-refractivity contribution >= 4 is 46.6 Å². The van der Waals surface area contributed by atoms with Gasteiger partial charge in [0.15, 0.2) is 0 Å². The summed E-state index contributed by atoms with van der Waals surface area (Å²) in [7, 11) is 0. The summed E-state index contributed by atoms with van der Waals surface area (Å²) >= 11 is 5.97. The second-order valence-electron chi connectivity index (χ2n) is 5.66. The van der Waals surface area contributed by atoms with Crippen LogP contribution in [0.3, 0.4) is 0 Å². The molecule has 4 nitrogen and oxygen atoms in total. The lowest BCUT2D eigenvalue weighted by molar-refractivity contribution is -0.0328. The van der Waals surface area contributed by atoms with Crippen molar-refractivity contribution in [1.29, 1.82) is 0 Å². The minimum atomic E-state index is -4.41. The SMILES string of the molecule is O=C1C(Cl)=C2C(=NC(=O)N2c2ccc(SC(F)(F)F)cc2)c2ccccc21. The summed E-state index contributed by atoms with van der Waals surface area (Å²) in [6.45, 7) is 0. The largest absolute Gasteiger partial charge is 0.446 e. The molecule has 136 valence electrons. The molecule has 4 rings (SSSR count). The lowest BCUT2D eigenvalue weighted by Crippen LogP contribution is -2.29. The zero-order valence-corrected chi connectivity index (χ0v) is 14.8. The van der Waals surface area contributed by atoms with Gasteiger partial charge in [-0.2, -0.15) is 18.2 Å². The van der Waals surface area contributed by atoms with Crippen LogP contribution in [0.15, 0.2) is 69.1 Å². The Kier molecular flexibility index (Phi) is 4.12. The zero-order chi connectivity index (χ0) is 19.3. The fourth-order valence-corrected chi connectivity index (χ4v) is 3.76. The molecule has 2 aromatic carbocycles. The van der Waals surface area contributed by atoms with Gasteiger partial charge >= 0.3 is 11.5 Å². The van der Waals surface area contributed by atoms with Crippen LogP contribution in [0.4, 0.5) is 23.7 Å². The Morgan fingerprint density at radius 1 is 0.963 bits per heavy atom. The van der Waals surface area contributed by atoms with E-state index in [1.807, 2.05) is 0 Å². The molecule has 0 radical (unpaired) electrons. The zero-order valence-electron chi connectivity index (χ0n) is 13.2. The number of carbonyl (C=O) groups is 2. The summed E-state index contributed by atoms with van der Waals surface area (Å²) in [4.78, 5) is 30.1. The monoisotopic (exact) mass is 408 g/mol. The standard InChI is InChI=1S/C18H8ClF3N2O2S/c19-13-15-14(11-3-1-2-4-12(11)16(13)25)23-17(26)24(15)9-5-7-10(8-6-9)27-18(20,21)22/h1-8H. The maximum Gasteiger partial charge on any atom is 0.446 e. The highest BCUT2D eigenvalue weighted by Gasteiger charge is 2.40. The second kappa shape index (κ2) is 6.24. The molecule has 0 saturated heterocycles. The molecule has 0 fully saturated rings. The number of hydrogen-bond acceptors (Lipinski definition) is 3. The van der Waals surface area contributed by atoms with Crippen LogP contribution in [0.2, 0.25) is 0 Å². The second-order valence-corrected chi connectivity index (χ2v) is 7.17. The molecule has 27 heavy (non-hydrogen) atoms. The van der Waals surface area contributed by atoms with Gasteiger partial charge in [-0.3, -0.25) is 9.69 Å². The molecule has 2 amide bonds. The molecule has 0 aromatic heterocycles. The van der Waals surface area contributed by atoms with Gasteiger partial charge in [0.1, 0.15) is 10.7 Å². The van der Waals surface area contributed by atoms with Gasteiger partial charge in [0.25, 0.3) is 0 Å².